The molecule has 1 aliphatic heterocycles. The fourth-order valence-electron chi connectivity index (χ4n) is 3.44. The van der Waals surface area contributed by atoms with Gasteiger partial charge in [-0.3, -0.25) is 0 Å². The second kappa shape index (κ2) is 7.30. The summed E-state index contributed by atoms with van der Waals surface area (Å²) in [5.41, 5.74) is 0. The summed E-state index contributed by atoms with van der Waals surface area (Å²) in [5, 5.41) is 6.82. The van der Waals surface area contributed by atoms with Gasteiger partial charge in [-0.25, -0.2) is 4.79 Å². The van der Waals surface area contributed by atoms with E-state index >= 15 is 0 Å². The minimum atomic E-state index is 0.152. The van der Waals surface area contributed by atoms with Crippen LogP contribution in [0.5, 0.6) is 0 Å². The maximum Gasteiger partial charge on any atom is 0.317 e. The Kier molecular flexibility index (Phi) is 5.70. The largest absolute Gasteiger partial charge is 0.335 e. The summed E-state index contributed by atoms with van der Waals surface area (Å²) in [5.74, 6) is 0.671. The summed E-state index contributed by atoms with van der Waals surface area (Å²) >= 11 is 0. The molecule has 2 rings (SSSR count). The molecular formula is C16H31N3O. The van der Waals surface area contributed by atoms with Crippen molar-refractivity contribution >= 4 is 6.03 Å². The zero-order valence-electron chi connectivity index (χ0n) is 13.3. The van der Waals surface area contributed by atoms with Gasteiger partial charge in [0, 0.05) is 31.2 Å². The molecule has 2 unspecified atom stereocenters. The first-order valence-electron chi connectivity index (χ1n) is 8.36. The van der Waals surface area contributed by atoms with Gasteiger partial charge in [0.2, 0.25) is 0 Å². The number of hydrogen-bond acceptors (Lipinski definition) is 2. The maximum absolute atomic E-state index is 12.5. The summed E-state index contributed by atoms with van der Waals surface area (Å²) in [4.78, 5) is 14.5. The zero-order valence-corrected chi connectivity index (χ0v) is 13.3. The number of nitrogens with zero attached hydrogens (tertiary/aromatic N) is 1. The predicted octanol–water partition coefficient (Wildman–Crippen LogP) is 2.74. The van der Waals surface area contributed by atoms with Crippen molar-refractivity contribution in [2.75, 3.05) is 13.1 Å². The Balaban J connectivity index is 1.85. The normalized spacial score (nSPS) is 28.7. The Morgan fingerprint density at radius 1 is 1.30 bits per heavy atom. The van der Waals surface area contributed by atoms with Crippen LogP contribution in [0.4, 0.5) is 4.79 Å². The number of piperazine rings is 1. The number of amides is 2. The van der Waals surface area contributed by atoms with Gasteiger partial charge in [-0.2, -0.15) is 0 Å². The molecule has 2 aliphatic rings. The van der Waals surface area contributed by atoms with Crippen LogP contribution in [0.15, 0.2) is 0 Å². The van der Waals surface area contributed by atoms with Gasteiger partial charge < -0.3 is 15.5 Å². The highest BCUT2D eigenvalue weighted by Gasteiger charge is 2.30. The molecule has 2 N–H and O–H groups in total. The summed E-state index contributed by atoms with van der Waals surface area (Å²) in [7, 11) is 0. The van der Waals surface area contributed by atoms with Crippen molar-refractivity contribution < 1.29 is 4.79 Å². The smallest absolute Gasteiger partial charge is 0.317 e. The minimum Gasteiger partial charge on any atom is -0.335 e. The Morgan fingerprint density at radius 3 is 2.65 bits per heavy atom. The molecule has 1 heterocycles. The quantitative estimate of drug-likeness (QED) is 0.835. The summed E-state index contributed by atoms with van der Waals surface area (Å²) in [6.07, 6.45) is 7.30. The highest BCUT2D eigenvalue weighted by molar-refractivity contribution is 5.75. The molecule has 4 nitrogen and oxygen atoms in total. The van der Waals surface area contributed by atoms with E-state index in [1.807, 2.05) is 4.90 Å². The van der Waals surface area contributed by atoms with Gasteiger partial charge >= 0.3 is 6.03 Å². The monoisotopic (exact) mass is 281 g/mol. The lowest BCUT2D eigenvalue weighted by Crippen LogP contribution is -2.60. The lowest BCUT2D eigenvalue weighted by Gasteiger charge is -2.40. The van der Waals surface area contributed by atoms with Crippen LogP contribution in [-0.2, 0) is 0 Å². The van der Waals surface area contributed by atoms with Gasteiger partial charge in [0.25, 0.3) is 0 Å². The number of rotatable bonds is 3. The Morgan fingerprint density at radius 2 is 2.00 bits per heavy atom. The third kappa shape index (κ3) is 4.37. The molecule has 2 atom stereocenters. The Labute approximate surface area is 123 Å². The number of carbonyl (C=O) groups is 1. The molecule has 2 amide bonds. The average Bonchev–Trinajstić information content (AvgIpc) is 2.41. The SMILES string of the molecule is CC(C)CC1CN(C(=O)NC2CCCCC2)C(C)CN1. The lowest BCUT2D eigenvalue weighted by molar-refractivity contribution is 0.136. The van der Waals surface area contributed by atoms with Gasteiger partial charge in [0.05, 0.1) is 0 Å². The topological polar surface area (TPSA) is 44.4 Å². The van der Waals surface area contributed by atoms with Crippen molar-refractivity contribution in [1.29, 1.82) is 0 Å². The molecule has 2 fully saturated rings. The van der Waals surface area contributed by atoms with E-state index in [4.69, 9.17) is 0 Å². The van der Waals surface area contributed by atoms with Crippen molar-refractivity contribution in [3.63, 3.8) is 0 Å². The van der Waals surface area contributed by atoms with E-state index < -0.39 is 0 Å². The fourth-order valence-corrected chi connectivity index (χ4v) is 3.44. The molecule has 1 saturated heterocycles. The first kappa shape index (κ1) is 15.6. The lowest BCUT2D eigenvalue weighted by atomic mass is 9.95. The molecular weight excluding hydrogens is 250 g/mol. The summed E-state index contributed by atoms with van der Waals surface area (Å²) in [6.45, 7) is 8.38. The molecule has 1 aliphatic carbocycles. The van der Waals surface area contributed by atoms with Crippen LogP contribution in [0.25, 0.3) is 0 Å². The van der Waals surface area contributed by atoms with Crippen LogP contribution in [0, 0.1) is 5.92 Å². The number of carbonyl (C=O) groups excluding carboxylic acids is 1. The van der Waals surface area contributed by atoms with Crippen LogP contribution in [0.2, 0.25) is 0 Å². The highest BCUT2D eigenvalue weighted by atomic mass is 16.2. The molecule has 0 bridgehead atoms. The van der Waals surface area contributed by atoms with Gasteiger partial charge in [-0.1, -0.05) is 33.1 Å². The third-order valence-corrected chi connectivity index (χ3v) is 4.60. The van der Waals surface area contributed by atoms with E-state index in [1.165, 1.54) is 19.3 Å². The number of urea groups is 1. The summed E-state index contributed by atoms with van der Waals surface area (Å²) in [6, 6.07) is 1.30. The fraction of sp³-hybridized carbons (Fsp3) is 0.938. The van der Waals surface area contributed by atoms with Gasteiger partial charge in [0.15, 0.2) is 0 Å². The van der Waals surface area contributed by atoms with E-state index in [-0.39, 0.29) is 6.03 Å². The molecule has 4 heteroatoms. The zero-order chi connectivity index (χ0) is 14.5. The van der Waals surface area contributed by atoms with Gasteiger partial charge in [-0.15, -0.1) is 0 Å². The molecule has 20 heavy (non-hydrogen) atoms. The third-order valence-electron chi connectivity index (χ3n) is 4.60. The van der Waals surface area contributed by atoms with Crippen LogP contribution < -0.4 is 10.6 Å². The second-order valence-corrected chi connectivity index (χ2v) is 7.02. The van der Waals surface area contributed by atoms with E-state index in [1.54, 1.807) is 0 Å². The van der Waals surface area contributed by atoms with Crippen molar-refractivity contribution in [3.8, 4) is 0 Å². The Bertz CT molecular complexity index is 313. The van der Waals surface area contributed by atoms with E-state index in [2.05, 4.69) is 31.4 Å². The first-order chi connectivity index (χ1) is 9.56. The Hall–Kier alpha value is -0.770. The standard InChI is InChI=1S/C16H31N3O/c1-12(2)9-15-11-19(13(3)10-17-15)16(20)18-14-7-5-4-6-8-14/h12-15,17H,4-11H2,1-3H3,(H,18,20). The van der Waals surface area contributed by atoms with Gasteiger partial charge in [0.1, 0.15) is 0 Å². The summed E-state index contributed by atoms with van der Waals surface area (Å²) < 4.78 is 0. The van der Waals surface area contributed by atoms with E-state index in [9.17, 15) is 4.79 Å². The van der Waals surface area contributed by atoms with Crippen LogP contribution >= 0.6 is 0 Å². The maximum atomic E-state index is 12.5. The number of nitrogens with one attached hydrogen (secondary N) is 2. The van der Waals surface area contributed by atoms with E-state index in [0.717, 1.165) is 32.4 Å². The molecule has 0 spiro atoms. The second-order valence-electron chi connectivity index (χ2n) is 7.02. The van der Waals surface area contributed by atoms with Crippen molar-refractivity contribution in [3.05, 3.63) is 0 Å². The van der Waals surface area contributed by atoms with Crippen LogP contribution in [-0.4, -0.2) is 42.1 Å². The molecule has 1 saturated carbocycles. The molecule has 116 valence electrons. The van der Waals surface area contributed by atoms with Crippen molar-refractivity contribution in [1.82, 2.24) is 15.5 Å². The van der Waals surface area contributed by atoms with E-state index in [0.29, 0.717) is 24.0 Å². The highest BCUT2D eigenvalue weighted by Crippen LogP contribution is 2.19. The predicted molar refractivity (Wildman–Crippen MR) is 82.8 cm³/mol. The molecule has 0 radical (unpaired) electrons. The number of hydrogen-bond donors (Lipinski definition) is 2. The minimum absolute atomic E-state index is 0.152. The molecule has 0 aromatic carbocycles. The average molecular weight is 281 g/mol. The van der Waals surface area contributed by atoms with Crippen LogP contribution in [0.1, 0.15) is 59.3 Å². The van der Waals surface area contributed by atoms with Crippen molar-refractivity contribution in [2.24, 2.45) is 5.92 Å². The van der Waals surface area contributed by atoms with Crippen LogP contribution in [0.3, 0.4) is 0 Å². The molecule has 0 aromatic heterocycles. The molecule has 0 aromatic rings. The van der Waals surface area contributed by atoms with Crippen molar-refractivity contribution in [2.45, 2.75) is 77.4 Å². The van der Waals surface area contributed by atoms with Gasteiger partial charge in [-0.05, 0) is 32.1 Å². The first-order valence-corrected chi connectivity index (χ1v) is 8.36.